The van der Waals surface area contributed by atoms with Crippen molar-refractivity contribution in [2.75, 3.05) is 26.4 Å². The fourth-order valence-corrected chi connectivity index (χ4v) is 3.33. The SMILES string of the molecule is Cc1ccc(C(O)=C2C(=O)C(=O)N(CCOCCO)[C@H]2c2ccccc2F)cc1. The highest BCUT2D eigenvalue weighted by Gasteiger charge is 2.46. The number of ketones is 1. The van der Waals surface area contributed by atoms with E-state index in [-0.39, 0.29) is 43.3 Å². The zero-order valence-corrected chi connectivity index (χ0v) is 16.0. The molecule has 3 rings (SSSR count). The third kappa shape index (κ3) is 4.21. The number of carbonyl (C=O) groups excluding carboxylic acids is 2. The van der Waals surface area contributed by atoms with Gasteiger partial charge in [-0.2, -0.15) is 0 Å². The Morgan fingerprint density at radius 2 is 1.79 bits per heavy atom. The summed E-state index contributed by atoms with van der Waals surface area (Å²) in [6.07, 6.45) is 0. The number of carbonyl (C=O) groups is 2. The maximum atomic E-state index is 14.6. The smallest absolute Gasteiger partial charge is 0.295 e. The Morgan fingerprint density at radius 1 is 1.10 bits per heavy atom. The number of amides is 1. The fourth-order valence-electron chi connectivity index (χ4n) is 3.33. The molecular weight excluding hydrogens is 377 g/mol. The molecule has 0 spiro atoms. The van der Waals surface area contributed by atoms with E-state index in [4.69, 9.17) is 9.84 Å². The Bertz CT molecular complexity index is 938. The lowest BCUT2D eigenvalue weighted by Gasteiger charge is -2.25. The van der Waals surface area contributed by atoms with E-state index < -0.39 is 23.5 Å². The van der Waals surface area contributed by atoms with E-state index in [1.165, 1.54) is 23.1 Å². The van der Waals surface area contributed by atoms with Gasteiger partial charge in [0.25, 0.3) is 11.7 Å². The van der Waals surface area contributed by atoms with Crippen LogP contribution in [0.4, 0.5) is 4.39 Å². The molecule has 0 radical (unpaired) electrons. The lowest BCUT2D eigenvalue weighted by Crippen LogP contribution is -2.33. The van der Waals surface area contributed by atoms with Gasteiger partial charge in [-0.1, -0.05) is 48.0 Å². The third-order valence-corrected chi connectivity index (χ3v) is 4.78. The molecule has 0 bridgehead atoms. The second kappa shape index (κ2) is 8.98. The number of aliphatic hydroxyl groups excluding tert-OH is 2. The van der Waals surface area contributed by atoms with Crippen LogP contribution in [-0.4, -0.2) is 53.2 Å². The summed E-state index contributed by atoms with van der Waals surface area (Å²) in [6, 6.07) is 11.6. The van der Waals surface area contributed by atoms with Crippen LogP contribution in [0.15, 0.2) is 54.1 Å². The van der Waals surface area contributed by atoms with Gasteiger partial charge in [0.05, 0.1) is 31.4 Å². The van der Waals surface area contributed by atoms with Gasteiger partial charge in [0.15, 0.2) is 0 Å². The van der Waals surface area contributed by atoms with E-state index in [2.05, 4.69) is 0 Å². The van der Waals surface area contributed by atoms with Gasteiger partial charge in [0.2, 0.25) is 0 Å². The molecule has 1 saturated heterocycles. The van der Waals surface area contributed by atoms with E-state index in [1.54, 1.807) is 30.3 Å². The zero-order valence-electron chi connectivity index (χ0n) is 16.0. The molecule has 2 aromatic carbocycles. The van der Waals surface area contributed by atoms with Crippen LogP contribution >= 0.6 is 0 Å². The van der Waals surface area contributed by atoms with E-state index >= 15 is 0 Å². The molecule has 7 heteroatoms. The molecule has 1 aliphatic heterocycles. The molecule has 0 aromatic heterocycles. The number of rotatable bonds is 7. The van der Waals surface area contributed by atoms with Gasteiger partial charge >= 0.3 is 0 Å². The molecule has 0 saturated carbocycles. The van der Waals surface area contributed by atoms with E-state index in [0.29, 0.717) is 5.56 Å². The Kier molecular flexibility index (Phi) is 6.41. The van der Waals surface area contributed by atoms with Crippen molar-refractivity contribution in [2.24, 2.45) is 0 Å². The second-order valence-corrected chi connectivity index (χ2v) is 6.72. The topological polar surface area (TPSA) is 87.1 Å². The van der Waals surface area contributed by atoms with Gasteiger partial charge in [-0.25, -0.2) is 4.39 Å². The minimum Gasteiger partial charge on any atom is -0.507 e. The van der Waals surface area contributed by atoms with Crippen LogP contribution in [0.3, 0.4) is 0 Å². The molecule has 0 unspecified atom stereocenters. The van der Waals surface area contributed by atoms with Crippen LogP contribution in [-0.2, 0) is 14.3 Å². The molecule has 2 N–H and O–H groups in total. The molecular formula is C22H22FNO5. The van der Waals surface area contributed by atoms with Gasteiger partial charge in [0, 0.05) is 17.7 Å². The minimum absolute atomic E-state index is 0.00819. The predicted octanol–water partition coefficient (Wildman–Crippen LogP) is 2.56. The minimum atomic E-state index is -1.07. The predicted molar refractivity (Wildman–Crippen MR) is 104 cm³/mol. The maximum Gasteiger partial charge on any atom is 0.295 e. The fraction of sp³-hybridized carbons (Fsp3) is 0.273. The van der Waals surface area contributed by atoms with Crippen molar-refractivity contribution in [3.05, 3.63) is 76.6 Å². The summed E-state index contributed by atoms with van der Waals surface area (Å²) in [4.78, 5) is 26.6. The number of aryl methyl sites for hydroxylation is 1. The van der Waals surface area contributed by atoms with Crippen LogP contribution in [0.1, 0.15) is 22.7 Å². The summed E-state index contributed by atoms with van der Waals surface area (Å²) < 4.78 is 19.8. The molecule has 1 aliphatic rings. The number of nitrogens with zero attached hydrogens (tertiary/aromatic N) is 1. The Balaban J connectivity index is 2.08. The van der Waals surface area contributed by atoms with Crippen molar-refractivity contribution in [3.8, 4) is 0 Å². The standard InChI is InChI=1S/C22H22FNO5/c1-14-6-8-15(9-7-14)20(26)18-19(16-4-2-3-5-17(16)23)24(22(28)21(18)27)10-12-29-13-11-25/h2-9,19,25-26H,10-13H2,1H3/t19-/m0/s1. The van der Waals surface area contributed by atoms with Crippen molar-refractivity contribution in [2.45, 2.75) is 13.0 Å². The highest BCUT2D eigenvalue weighted by molar-refractivity contribution is 6.46. The van der Waals surface area contributed by atoms with Gasteiger partial charge in [0.1, 0.15) is 11.6 Å². The maximum absolute atomic E-state index is 14.6. The van der Waals surface area contributed by atoms with E-state index in [1.807, 2.05) is 6.92 Å². The van der Waals surface area contributed by atoms with Crippen molar-refractivity contribution in [1.82, 2.24) is 4.90 Å². The first-order valence-electron chi connectivity index (χ1n) is 9.24. The number of hydrogen-bond acceptors (Lipinski definition) is 5. The highest BCUT2D eigenvalue weighted by atomic mass is 19.1. The number of likely N-dealkylation sites (tertiary alicyclic amines) is 1. The molecule has 1 heterocycles. The van der Waals surface area contributed by atoms with Gasteiger partial charge in [-0.3, -0.25) is 9.59 Å². The highest BCUT2D eigenvalue weighted by Crippen LogP contribution is 2.40. The summed E-state index contributed by atoms with van der Waals surface area (Å²) in [5.74, 6) is -2.65. The van der Waals surface area contributed by atoms with Crippen molar-refractivity contribution in [3.63, 3.8) is 0 Å². The Morgan fingerprint density at radius 3 is 2.45 bits per heavy atom. The van der Waals surface area contributed by atoms with Crippen LogP contribution < -0.4 is 0 Å². The number of aliphatic hydroxyl groups is 2. The number of ether oxygens (including phenoxy) is 1. The molecule has 1 atom stereocenters. The molecule has 2 aromatic rings. The molecule has 152 valence electrons. The van der Waals surface area contributed by atoms with Crippen LogP contribution in [0.5, 0.6) is 0 Å². The normalized spacial score (nSPS) is 18.4. The summed E-state index contributed by atoms with van der Waals surface area (Å²) in [5, 5.41) is 19.7. The summed E-state index contributed by atoms with van der Waals surface area (Å²) in [6.45, 7) is 1.85. The summed E-state index contributed by atoms with van der Waals surface area (Å²) in [5.41, 5.74) is 1.29. The second-order valence-electron chi connectivity index (χ2n) is 6.72. The average molecular weight is 399 g/mol. The molecule has 29 heavy (non-hydrogen) atoms. The average Bonchev–Trinajstić information content (AvgIpc) is 2.96. The first kappa shape index (κ1) is 20.7. The Labute approximate surface area is 167 Å². The van der Waals surface area contributed by atoms with Gasteiger partial charge < -0.3 is 19.8 Å². The number of halogens is 1. The van der Waals surface area contributed by atoms with Crippen molar-refractivity contribution >= 4 is 17.4 Å². The quantitative estimate of drug-likeness (QED) is 0.323. The van der Waals surface area contributed by atoms with Crippen LogP contribution in [0, 0.1) is 12.7 Å². The number of benzene rings is 2. The number of hydrogen-bond donors (Lipinski definition) is 2. The lowest BCUT2D eigenvalue weighted by molar-refractivity contribution is -0.140. The first-order chi connectivity index (χ1) is 14.0. The summed E-state index contributed by atoms with van der Waals surface area (Å²) >= 11 is 0. The first-order valence-corrected chi connectivity index (χ1v) is 9.24. The van der Waals surface area contributed by atoms with E-state index in [0.717, 1.165) is 5.56 Å². The summed E-state index contributed by atoms with van der Waals surface area (Å²) in [7, 11) is 0. The van der Waals surface area contributed by atoms with Crippen molar-refractivity contribution in [1.29, 1.82) is 0 Å². The Hall–Kier alpha value is -3.03. The van der Waals surface area contributed by atoms with E-state index in [9.17, 15) is 19.1 Å². The van der Waals surface area contributed by atoms with Crippen LogP contribution in [0.25, 0.3) is 5.76 Å². The molecule has 0 aliphatic carbocycles. The lowest BCUT2D eigenvalue weighted by atomic mass is 9.94. The molecule has 1 fully saturated rings. The molecule has 1 amide bonds. The number of Topliss-reactive ketones (excluding diaryl/α,β-unsaturated/α-hetero) is 1. The molecule has 6 nitrogen and oxygen atoms in total. The zero-order chi connectivity index (χ0) is 21.0. The monoisotopic (exact) mass is 399 g/mol. The van der Waals surface area contributed by atoms with Crippen LogP contribution in [0.2, 0.25) is 0 Å². The van der Waals surface area contributed by atoms with Crippen molar-refractivity contribution < 1.29 is 28.9 Å². The van der Waals surface area contributed by atoms with Gasteiger partial charge in [-0.15, -0.1) is 0 Å². The largest absolute Gasteiger partial charge is 0.507 e. The van der Waals surface area contributed by atoms with Gasteiger partial charge in [-0.05, 0) is 13.0 Å². The third-order valence-electron chi connectivity index (χ3n) is 4.78.